The molecule has 0 aromatic carbocycles. The first-order chi connectivity index (χ1) is 4.27. The molecular weight excluding hydrogens is 114 g/mol. The molecule has 9 heavy (non-hydrogen) atoms. The minimum Gasteiger partial charge on any atom is -0.150 e. The minimum absolute atomic E-state index is 0.477. The molecule has 0 saturated heterocycles. The first-order valence-electron chi connectivity index (χ1n) is 2.96. The lowest BCUT2D eigenvalue weighted by Gasteiger charge is -2.15. The topological polar surface area (TPSA) is 29.4 Å². The van der Waals surface area contributed by atoms with Crippen molar-refractivity contribution in [2.24, 2.45) is 5.18 Å². The summed E-state index contributed by atoms with van der Waals surface area (Å²) in [5.74, 6) is 0. The summed E-state index contributed by atoms with van der Waals surface area (Å²) in [4.78, 5) is 10.1. The average Bonchev–Trinajstić information content (AvgIpc) is 1.90. The van der Waals surface area contributed by atoms with Crippen molar-refractivity contribution in [3.05, 3.63) is 29.2 Å². The van der Waals surface area contributed by atoms with Gasteiger partial charge in [0.2, 0.25) is 0 Å². The molecule has 0 aromatic heterocycles. The summed E-state index contributed by atoms with van der Waals surface area (Å²) >= 11 is 0. The van der Waals surface area contributed by atoms with Crippen LogP contribution in [0.15, 0.2) is 29.5 Å². The Hall–Kier alpha value is -0.920. The van der Waals surface area contributed by atoms with Crippen LogP contribution in [-0.2, 0) is 0 Å². The molecule has 1 rings (SSSR count). The van der Waals surface area contributed by atoms with Crippen LogP contribution in [0.3, 0.4) is 0 Å². The summed E-state index contributed by atoms with van der Waals surface area (Å²) in [7, 11) is 0. The Morgan fingerprint density at radius 2 is 2.33 bits per heavy atom. The van der Waals surface area contributed by atoms with Crippen LogP contribution in [0.5, 0.6) is 0 Å². The van der Waals surface area contributed by atoms with E-state index in [0.717, 1.165) is 6.42 Å². The van der Waals surface area contributed by atoms with Gasteiger partial charge in [-0.25, -0.2) is 0 Å². The van der Waals surface area contributed by atoms with Crippen LogP contribution in [0.4, 0.5) is 0 Å². The molecule has 0 bridgehead atoms. The molecule has 0 fully saturated rings. The second-order valence-electron chi connectivity index (χ2n) is 2.44. The summed E-state index contributed by atoms with van der Waals surface area (Å²) < 4.78 is 0. The first-order valence-corrected chi connectivity index (χ1v) is 2.96. The maximum atomic E-state index is 10.1. The molecule has 1 atom stereocenters. The van der Waals surface area contributed by atoms with Crippen LogP contribution >= 0.6 is 0 Å². The van der Waals surface area contributed by atoms with Gasteiger partial charge >= 0.3 is 0 Å². The van der Waals surface area contributed by atoms with Crippen LogP contribution in [-0.4, -0.2) is 5.54 Å². The number of allylic oxidation sites excluding steroid dienone is 2. The van der Waals surface area contributed by atoms with E-state index in [1.807, 2.05) is 31.2 Å². The summed E-state index contributed by atoms with van der Waals surface area (Å²) in [5.41, 5.74) is -0.477. The van der Waals surface area contributed by atoms with Gasteiger partial charge in [0.15, 0.2) is 0 Å². The summed E-state index contributed by atoms with van der Waals surface area (Å²) in [6, 6.07) is 0. The van der Waals surface area contributed by atoms with Crippen molar-refractivity contribution in [2.75, 3.05) is 0 Å². The van der Waals surface area contributed by atoms with Crippen LogP contribution in [0.25, 0.3) is 0 Å². The number of hydrogen-bond acceptors (Lipinski definition) is 2. The number of nitrogens with zero attached hydrogens (tertiary/aromatic N) is 1. The first kappa shape index (κ1) is 6.20. The fourth-order valence-electron chi connectivity index (χ4n) is 0.784. The zero-order valence-corrected chi connectivity index (χ0v) is 5.37. The van der Waals surface area contributed by atoms with Gasteiger partial charge in [0.05, 0.1) is 0 Å². The van der Waals surface area contributed by atoms with Crippen molar-refractivity contribution < 1.29 is 0 Å². The van der Waals surface area contributed by atoms with E-state index in [1.54, 1.807) is 0 Å². The third kappa shape index (κ3) is 1.25. The van der Waals surface area contributed by atoms with E-state index >= 15 is 0 Å². The van der Waals surface area contributed by atoms with E-state index in [4.69, 9.17) is 0 Å². The highest BCUT2D eigenvalue weighted by Gasteiger charge is 2.20. The molecule has 2 nitrogen and oxygen atoms in total. The van der Waals surface area contributed by atoms with E-state index in [-0.39, 0.29) is 0 Å². The smallest absolute Gasteiger partial charge is 0.122 e. The Balaban J connectivity index is 2.73. The largest absolute Gasteiger partial charge is 0.150 e. The molecule has 0 aliphatic heterocycles. The summed E-state index contributed by atoms with van der Waals surface area (Å²) in [6.07, 6.45) is 8.27. The van der Waals surface area contributed by atoms with Gasteiger partial charge in [-0.3, -0.25) is 0 Å². The SMILES string of the molecule is C[C@]1(N=O)C=CC=CC1. The molecule has 0 saturated carbocycles. The van der Waals surface area contributed by atoms with Gasteiger partial charge in [-0.1, -0.05) is 29.5 Å². The zero-order chi connectivity index (χ0) is 6.74. The van der Waals surface area contributed by atoms with Crippen molar-refractivity contribution in [3.63, 3.8) is 0 Å². The minimum atomic E-state index is -0.477. The molecule has 0 unspecified atom stereocenters. The van der Waals surface area contributed by atoms with E-state index in [1.165, 1.54) is 0 Å². The molecule has 2 heteroatoms. The summed E-state index contributed by atoms with van der Waals surface area (Å²) in [5, 5.41) is 2.99. The average molecular weight is 123 g/mol. The van der Waals surface area contributed by atoms with Crippen LogP contribution in [0, 0.1) is 4.91 Å². The highest BCUT2D eigenvalue weighted by molar-refractivity contribution is 5.19. The Kier molecular flexibility index (Phi) is 1.47. The van der Waals surface area contributed by atoms with Gasteiger partial charge in [-0.2, -0.15) is 0 Å². The summed E-state index contributed by atoms with van der Waals surface area (Å²) in [6.45, 7) is 1.82. The van der Waals surface area contributed by atoms with Crippen molar-refractivity contribution in [1.29, 1.82) is 0 Å². The molecule has 0 aromatic rings. The van der Waals surface area contributed by atoms with Crippen LogP contribution in [0.1, 0.15) is 13.3 Å². The second kappa shape index (κ2) is 2.13. The number of nitroso groups, excluding NO2 is 1. The predicted molar refractivity (Wildman–Crippen MR) is 37.1 cm³/mol. The molecule has 0 amide bonds. The van der Waals surface area contributed by atoms with E-state index in [9.17, 15) is 4.91 Å². The molecule has 0 heterocycles. The zero-order valence-electron chi connectivity index (χ0n) is 5.37. The fourth-order valence-corrected chi connectivity index (χ4v) is 0.784. The van der Waals surface area contributed by atoms with E-state index < -0.39 is 5.54 Å². The van der Waals surface area contributed by atoms with Gasteiger partial charge in [-0.05, 0) is 13.3 Å². The third-order valence-electron chi connectivity index (χ3n) is 1.44. The molecule has 0 spiro atoms. The van der Waals surface area contributed by atoms with E-state index in [0.29, 0.717) is 0 Å². The second-order valence-corrected chi connectivity index (χ2v) is 2.44. The van der Waals surface area contributed by atoms with Gasteiger partial charge in [0.1, 0.15) is 5.54 Å². The maximum absolute atomic E-state index is 10.1. The molecular formula is C7H9NO. The Morgan fingerprint density at radius 3 is 2.67 bits per heavy atom. The number of rotatable bonds is 1. The Morgan fingerprint density at radius 1 is 1.56 bits per heavy atom. The lowest BCUT2D eigenvalue weighted by atomic mass is 9.95. The fraction of sp³-hybridized carbons (Fsp3) is 0.429. The maximum Gasteiger partial charge on any atom is 0.122 e. The van der Waals surface area contributed by atoms with Crippen LogP contribution in [0.2, 0.25) is 0 Å². The van der Waals surface area contributed by atoms with Gasteiger partial charge < -0.3 is 0 Å². The molecule has 1 aliphatic carbocycles. The van der Waals surface area contributed by atoms with Crippen molar-refractivity contribution in [1.82, 2.24) is 0 Å². The highest BCUT2D eigenvalue weighted by Crippen LogP contribution is 2.20. The van der Waals surface area contributed by atoms with Crippen molar-refractivity contribution >= 4 is 0 Å². The molecule has 0 radical (unpaired) electrons. The van der Waals surface area contributed by atoms with E-state index in [2.05, 4.69) is 5.18 Å². The predicted octanol–water partition coefficient (Wildman–Crippen LogP) is 2.03. The Labute approximate surface area is 54.2 Å². The lowest BCUT2D eigenvalue weighted by Crippen LogP contribution is -2.17. The van der Waals surface area contributed by atoms with Crippen molar-refractivity contribution in [3.8, 4) is 0 Å². The molecule has 48 valence electrons. The van der Waals surface area contributed by atoms with Crippen LogP contribution < -0.4 is 0 Å². The lowest BCUT2D eigenvalue weighted by molar-refractivity contribution is 0.587. The van der Waals surface area contributed by atoms with Gasteiger partial charge in [-0.15, -0.1) is 4.91 Å². The van der Waals surface area contributed by atoms with Gasteiger partial charge in [0.25, 0.3) is 0 Å². The highest BCUT2D eigenvalue weighted by atomic mass is 16.3. The quantitative estimate of drug-likeness (QED) is 0.490. The van der Waals surface area contributed by atoms with Crippen molar-refractivity contribution in [2.45, 2.75) is 18.9 Å². The normalized spacial score (nSPS) is 32.6. The molecule has 1 aliphatic rings. The monoisotopic (exact) mass is 123 g/mol. The molecule has 0 N–H and O–H groups in total. The number of hydrogen-bond donors (Lipinski definition) is 0. The van der Waals surface area contributed by atoms with Gasteiger partial charge in [0, 0.05) is 0 Å². The Bertz CT molecular complexity index is 172. The third-order valence-corrected chi connectivity index (χ3v) is 1.44. The standard InChI is InChI=1S/C7H9NO/c1-7(8-9)5-3-2-4-6-7/h2-5H,6H2,1H3/t7-/m0/s1.